The van der Waals surface area contributed by atoms with Crippen LogP contribution in [0.25, 0.3) is 0 Å². The van der Waals surface area contributed by atoms with Crippen molar-refractivity contribution in [2.45, 2.75) is 52.5 Å². The minimum atomic E-state index is -0.126. The Hall–Kier alpha value is -2.02. The van der Waals surface area contributed by atoms with Crippen LogP contribution in [0.5, 0.6) is 0 Å². The molecule has 0 N–H and O–H groups in total. The summed E-state index contributed by atoms with van der Waals surface area (Å²) in [7, 11) is 0. The number of amides is 1. The average Bonchev–Trinajstić information content (AvgIpc) is 3.02. The summed E-state index contributed by atoms with van der Waals surface area (Å²) in [5.74, 6) is 0.471. The number of hydrogen-bond donors (Lipinski definition) is 0. The van der Waals surface area contributed by atoms with Gasteiger partial charge < -0.3 is 4.90 Å². The molecule has 0 unspecified atom stereocenters. The van der Waals surface area contributed by atoms with Crippen LogP contribution in [0.4, 0.5) is 0 Å². The van der Waals surface area contributed by atoms with E-state index < -0.39 is 0 Å². The van der Waals surface area contributed by atoms with E-state index in [4.69, 9.17) is 0 Å². The zero-order chi connectivity index (χ0) is 18.9. The molecule has 1 fully saturated rings. The molecule has 0 bridgehead atoms. The maximum absolute atomic E-state index is 12.6. The first-order valence-electron chi connectivity index (χ1n) is 9.02. The summed E-state index contributed by atoms with van der Waals surface area (Å²) >= 11 is 1.40. The first-order chi connectivity index (χ1) is 12.3. The van der Waals surface area contributed by atoms with Gasteiger partial charge >= 0.3 is 0 Å². The van der Waals surface area contributed by atoms with Gasteiger partial charge in [-0.15, -0.1) is 11.3 Å². The van der Waals surface area contributed by atoms with Crippen molar-refractivity contribution in [1.29, 1.82) is 0 Å². The van der Waals surface area contributed by atoms with Crippen LogP contribution in [0.15, 0.2) is 22.7 Å². The molecule has 1 amide bonds. The first-order valence-corrected chi connectivity index (χ1v) is 9.90. The molecule has 3 heterocycles. The molecule has 0 atom stereocenters. The van der Waals surface area contributed by atoms with Gasteiger partial charge in [-0.1, -0.05) is 20.8 Å². The Labute approximate surface area is 157 Å². The molecule has 1 saturated heterocycles. The fourth-order valence-electron chi connectivity index (χ4n) is 3.22. The average molecular weight is 375 g/mol. The van der Waals surface area contributed by atoms with Crippen molar-refractivity contribution >= 4 is 17.2 Å². The largest absolute Gasteiger partial charge is 0.338 e. The van der Waals surface area contributed by atoms with E-state index in [1.54, 1.807) is 22.5 Å². The summed E-state index contributed by atoms with van der Waals surface area (Å²) < 4.78 is 1.70. The van der Waals surface area contributed by atoms with Gasteiger partial charge in [0.25, 0.3) is 11.5 Å². The zero-order valence-corrected chi connectivity index (χ0v) is 16.7. The Kier molecular flexibility index (Phi) is 5.27. The molecular weight excluding hydrogens is 348 g/mol. The van der Waals surface area contributed by atoms with Gasteiger partial charge in [0.1, 0.15) is 4.88 Å². The fraction of sp³-hybridized carbons (Fsp3) is 0.579. The predicted octanol–water partition coefficient (Wildman–Crippen LogP) is 2.86. The number of thiazole rings is 1. The Morgan fingerprint density at radius 2 is 1.96 bits per heavy atom. The van der Waals surface area contributed by atoms with E-state index in [0.717, 1.165) is 42.2 Å². The third kappa shape index (κ3) is 4.03. The topological polar surface area (TPSA) is 68.1 Å². The molecule has 3 rings (SSSR count). The van der Waals surface area contributed by atoms with Crippen LogP contribution in [-0.2, 0) is 12.0 Å². The minimum Gasteiger partial charge on any atom is -0.338 e. The van der Waals surface area contributed by atoms with Gasteiger partial charge in [-0.2, -0.15) is 0 Å². The highest BCUT2D eigenvalue weighted by Gasteiger charge is 2.26. The number of rotatable bonds is 3. The molecule has 26 heavy (non-hydrogen) atoms. The number of carbonyl (C=O) groups excluding carboxylic acids is 1. The van der Waals surface area contributed by atoms with Crippen molar-refractivity contribution in [2.24, 2.45) is 5.92 Å². The number of hydrogen-bond acceptors (Lipinski definition) is 5. The summed E-state index contributed by atoms with van der Waals surface area (Å²) in [6.07, 6.45) is 3.47. The Morgan fingerprint density at radius 3 is 2.50 bits per heavy atom. The molecule has 2 aromatic rings. The van der Waals surface area contributed by atoms with Crippen molar-refractivity contribution in [3.63, 3.8) is 0 Å². The van der Waals surface area contributed by atoms with E-state index in [2.05, 4.69) is 30.7 Å². The van der Waals surface area contributed by atoms with Crippen molar-refractivity contribution in [3.8, 4) is 0 Å². The summed E-state index contributed by atoms with van der Waals surface area (Å²) in [5, 5.41) is 0. The smallest absolute Gasteiger partial charge is 0.265 e. The molecule has 140 valence electrons. The number of aryl methyl sites for hydroxylation is 1. The van der Waals surface area contributed by atoms with E-state index in [9.17, 15) is 9.59 Å². The first kappa shape index (κ1) is 18.8. The standard InChI is InChI=1S/C19H26N4O2S/c1-13-17(26-12-21-13)18(25)22-7-5-14(6-8-22)10-23-11-20-15(9-16(23)24)19(2,3)4/h9,11-12,14H,5-8,10H2,1-4H3. The highest BCUT2D eigenvalue weighted by atomic mass is 32.1. The third-order valence-electron chi connectivity index (χ3n) is 4.94. The quantitative estimate of drug-likeness (QED) is 0.828. The van der Waals surface area contributed by atoms with Crippen LogP contribution < -0.4 is 5.56 Å². The van der Waals surface area contributed by atoms with Crippen LogP contribution in [0.3, 0.4) is 0 Å². The SMILES string of the molecule is Cc1ncsc1C(=O)N1CCC(Cn2cnc(C(C)(C)C)cc2=O)CC1. The summed E-state index contributed by atoms with van der Waals surface area (Å²) in [5.41, 5.74) is 3.22. The fourth-order valence-corrected chi connectivity index (χ4v) is 3.99. The molecule has 0 spiro atoms. The zero-order valence-electron chi connectivity index (χ0n) is 15.9. The molecule has 0 radical (unpaired) electrons. The Bertz CT molecular complexity index is 842. The van der Waals surface area contributed by atoms with E-state index in [-0.39, 0.29) is 16.9 Å². The number of carbonyl (C=O) groups is 1. The van der Waals surface area contributed by atoms with Gasteiger partial charge in [0.2, 0.25) is 0 Å². The van der Waals surface area contributed by atoms with E-state index in [0.29, 0.717) is 12.5 Å². The van der Waals surface area contributed by atoms with Gasteiger partial charge in [0.15, 0.2) is 0 Å². The molecule has 1 aliphatic heterocycles. The van der Waals surface area contributed by atoms with Crippen molar-refractivity contribution in [1.82, 2.24) is 19.4 Å². The van der Waals surface area contributed by atoms with E-state index in [1.165, 1.54) is 11.3 Å². The lowest BCUT2D eigenvalue weighted by molar-refractivity contribution is 0.0686. The number of aromatic nitrogens is 3. The minimum absolute atomic E-state index is 0.00344. The van der Waals surface area contributed by atoms with Gasteiger partial charge in [-0.25, -0.2) is 9.97 Å². The summed E-state index contributed by atoms with van der Waals surface area (Å²) in [4.78, 5) is 36.2. The summed E-state index contributed by atoms with van der Waals surface area (Å²) in [6.45, 7) is 10.1. The lowest BCUT2D eigenvalue weighted by Crippen LogP contribution is -2.40. The van der Waals surface area contributed by atoms with Crippen LogP contribution in [0.1, 0.15) is 54.7 Å². The second-order valence-corrected chi connectivity index (χ2v) is 8.87. The van der Waals surface area contributed by atoms with E-state index >= 15 is 0 Å². The Balaban J connectivity index is 1.60. The third-order valence-corrected chi connectivity index (χ3v) is 5.86. The van der Waals surface area contributed by atoms with Crippen molar-refractivity contribution in [3.05, 3.63) is 44.5 Å². The maximum Gasteiger partial charge on any atom is 0.265 e. The van der Waals surface area contributed by atoms with E-state index in [1.807, 2.05) is 11.8 Å². The maximum atomic E-state index is 12.6. The van der Waals surface area contributed by atoms with Crippen LogP contribution >= 0.6 is 11.3 Å². The van der Waals surface area contributed by atoms with Crippen molar-refractivity contribution in [2.75, 3.05) is 13.1 Å². The van der Waals surface area contributed by atoms with Gasteiger partial charge in [-0.3, -0.25) is 14.2 Å². The second-order valence-electron chi connectivity index (χ2n) is 8.02. The molecule has 2 aromatic heterocycles. The van der Waals surface area contributed by atoms with Gasteiger partial charge in [0.05, 0.1) is 23.2 Å². The molecule has 0 aromatic carbocycles. The second kappa shape index (κ2) is 7.31. The highest BCUT2D eigenvalue weighted by molar-refractivity contribution is 7.11. The number of likely N-dealkylation sites (tertiary alicyclic amines) is 1. The van der Waals surface area contributed by atoms with Crippen LogP contribution in [-0.4, -0.2) is 38.4 Å². The molecule has 7 heteroatoms. The predicted molar refractivity (Wildman–Crippen MR) is 103 cm³/mol. The number of nitrogens with zero attached hydrogens (tertiary/aromatic N) is 4. The molecule has 0 aliphatic carbocycles. The summed E-state index contributed by atoms with van der Waals surface area (Å²) in [6, 6.07) is 1.64. The molecule has 1 aliphatic rings. The number of piperidine rings is 1. The molecule has 0 saturated carbocycles. The van der Waals surface area contributed by atoms with Gasteiger partial charge in [0, 0.05) is 31.1 Å². The lowest BCUT2D eigenvalue weighted by atomic mass is 9.92. The normalized spacial score (nSPS) is 16.1. The van der Waals surface area contributed by atoms with Crippen LogP contribution in [0, 0.1) is 12.8 Å². The lowest BCUT2D eigenvalue weighted by Gasteiger charge is -2.32. The monoisotopic (exact) mass is 374 g/mol. The van der Waals surface area contributed by atoms with Gasteiger partial charge in [-0.05, 0) is 25.7 Å². The molecule has 6 nitrogen and oxygen atoms in total. The Morgan fingerprint density at radius 1 is 1.27 bits per heavy atom. The van der Waals surface area contributed by atoms with Crippen molar-refractivity contribution < 1.29 is 4.79 Å². The van der Waals surface area contributed by atoms with Crippen LogP contribution in [0.2, 0.25) is 0 Å². The highest BCUT2D eigenvalue weighted by Crippen LogP contribution is 2.23. The molecular formula is C19H26N4O2S.